The highest BCUT2D eigenvalue weighted by atomic mass is 35.5. The van der Waals surface area contributed by atoms with E-state index in [1.807, 2.05) is 37.3 Å². The van der Waals surface area contributed by atoms with E-state index in [0.717, 1.165) is 11.3 Å². The second-order valence-corrected chi connectivity index (χ2v) is 5.69. The Kier molecular flexibility index (Phi) is 4.32. The zero-order valence-electron chi connectivity index (χ0n) is 11.8. The molecule has 3 rings (SSSR count). The highest BCUT2D eigenvalue weighted by Crippen LogP contribution is 2.26. The van der Waals surface area contributed by atoms with Crippen molar-refractivity contribution in [2.75, 3.05) is 5.32 Å². The molecule has 0 fully saturated rings. The Bertz CT molecular complexity index is 784. The van der Waals surface area contributed by atoms with Crippen molar-refractivity contribution in [3.05, 3.63) is 64.0 Å². The van der Waals surface area contributed by atoms with Crippen LogP contribution < -0.4 is 5.32 Å². The fourth-order valence-corrected chi connectivity index (χ4v) is 2.42. The number of anilines is 1. The second kappa shape index (κ2) is 6.38. The van der Waals surface area contributed by atoms with Crippen LogP contribution in [0.4, 0.5) is 5.69 Å². The molecule has 0 atom stereocenters. The molecular weight excluding hydrogens is 321 g/mol. The largest absolute Gasteiger partial charge is 0.419 e. The van der Waals surface area contributed by atoms with Gasteiger partial charge < -0.3 is 9.73 Å². The van der Waals surface area contributed by atoms with E-state index in [1.165, 1.54) is 5.56 Å². The van der Waals surface area contributed by atoms with Gasteiger partial charge >= 0.3 is 0 Å². The third-order valence-corrected chi connectivity index (χ3v) is 3.67. The van der Waals surface area contributed by atoms with Crippen LogP contribution in [0.5, 0.6) is 0 Å². The molecule has 0 aliphatic rings. The minimum absolute atomic E-state index is 0.389. The van der Waals surface area contributed by atoms with Crippen LogP contribution in [0.1, 0.15) is 11.5 Å². The molecule has 0 spiro atoms. The topological polar surface area (TPSA) is 51.0 Å². The normalized spacial score (nSPS) is 10.7. The molecule has 2 aromatic carbocycles. The third kappa shape index (κ3) is 3.40. The first-order valence-corrected chi connectivity index (χ1v) is 7.46. The molecule has 3 aromatic rings. The molecule has 1 heterocycles. The summed E-state index contributed by atoms with van der Waals surface area (Å²) >= 11 is 12.0. The van der Waals surface area contributed by atoms with E-state index >= 15 is 0 Å². The van der Waals surface area contributed by atoms with Crippen LogP contribution in [0.2, 0.25) is 10.0 Å². The molecule has 0 saturated heterocycles. The van der Waals surface area contributed by atoms with Crippen molar-refractivity contribution in [3.8, 4) is 11.5 Å². The molecule has 0 aliphatic carbocycles. The van der Waals surface area contributed by atoms with Crippen molar-refractivity contribution in [1.82, 2.24) is 10.2 Å². The number of hydrogen-bond acceptors (Lipinski definition) is 4. The van der Waals surface area contributed by atoms with Crippen LogP contribution in [0, 0.1) is 6.92 Å². The molecule has 112 valence electrons. The van der Waals surface area contributed by atoms with Gasteiger partial charge in [-0.15, -0.1) is 10.2 Å². The Morgan fingerprint density at radius 3 is 2.55 bits per heavy atom. The number of benzene rings is 2. The van der Waals surface area contributed by atoms with Crippen molar-refractivity contribution >= 4 is 28.9 Å². The number of rotatable bonds is 4. The standard InChI is InChI=1S/C16H13Cl2N3O/c1-10-2-4-11(5-3-10)16-21-20-15(22-16)9-19-14-7-6-12(17)8-13(14)18/h2-8,19H,9H2,1H3. The van der Waals surface area contributed by atoms with E-state index in [9.17, 15) is 0 Å². The zero-order chi connectivity index (χ0) is 15.5. The number of hydrogen-bond donors (Lipinski definition) is 1. The summed E-state index contributed by atoms with van der Waals surface area (Å²) in [6.07, 6.45) is 0. The van der Waals surface area contributed by atoms with E-state index in [0.29, 0.717) is 28.4 Å². The van der Waals surface area contributed by atoms with E-state index in [1.54, 1.807) is 12.1 Å². The number of nitrogens with one attached hydrogen (secondary N) is 1. The van der Waals surface area contributed by atoms with Gasteiger partial charge in [0.05, 0.1) is 17.3 Å². The quantitative estimate of drug-likeness (QED) is 0.732. The van der Waals surface area contributed by atoms with Crippen LogP contribution in [0.15, 0.2) is 46.9 Å². The van der Waals surface area contributed by atoms with E-state index in [-0.39, 0.29) is 0 Å². The van der Waals surface area contributed by atoms with E-state index < -0.39 is 0 Å². The smallest absolute Gasteiger partial charge is 0.247 e. The first kappa shape index (κ1) is 14.9. The van der Waals surface area contributed by atoms with Crippen LogP contribution in [0.25, 0.3) is 11.5 Å². The van der Waals surface area contributed by atoms with Gasteiger partial charge in [0.1, 0.15) is 0 Å². The first-order chi connectivity index (χ1) is 10.6. The molecule has 0 aliphatic heterocycles. The van der Waals surface area contributed by atoms with Gasteiger partial charge in [-0.3, -0.25) is 0 Å². The lowest BCUT2D eigenvalue weighted by Crippen LogP contribution is -2.00. The molecule has 1 N–H and O–H groups in total. The van der Waals surface area contributed by atoms with Crippen LogP contribution >= 0.6 is 23.2 Å². The zero-order valence-corrected chi connectivity index (χ0v) is 13.3. The predicted octanol–water partition coefficient (Wildman–Crippen LogP) is 4.96. The molecule has 0 saturated carbocycles. The Balaban J connectivity index is 1.70. The van der Waals surface area contributed by atoms with Gasteiger partial charge in [0.15, 0.2) is 0 Å². The molecule has 0 bridgehead atoms. The van der Waals surface area contributed by atoms with Gasteiger partial charge in [0, 0.05) is 10.6 Å². The minimum atomic E-state index is 0.389. The predicted molar refractivity (Wildman–Crippen MR) is 88.3 cm³/mol. The average Bonchev–Trinajstić information content (AvgIpc) is 2.96. The highest BCUT2D eigenvalue weighted by molar-refractivity contribution is 6.36. The van der Waals surface area contributed by atoms with Crippen molar-refractivity contribution in [2.45, 2.75) is 13.5 Å². The molecule has 0 amide bonds. The number of aryl methyl sites for hydroxylation is 1. The molecule has 6 heteroatoms. The summed E-state index contributed by atoms with van der Waals surface area (Å²) in [5.41, 5.74) is 2.84. The van der Waals surface area contributed by atoms with Crippen molar-refractivity contribution in [2.24, 2.45) is 0 Å². The number of nitrogens with zero attached hydrogens (tertiary/aromatic N) is 2. The summed E-state index contributed by atoms with van der Waals surface area (Å²) in [6.45, 7) is 2.42. The Labute approximate surface area is 138 Å². The van der Waals surface area contributed by atoms with Gasteiger partial charge in [-0.2, -0.15) is 0 Å². The summed E-state index contributed by atoms with van der Waals surface area (Å²) in [4.78, 5) is 0. The number of halogens is 2. The molecule has 22 heavy (non-hydrogen) atoms. The van der Waals surface area contributed by atoms with Crippen molar-refractivity contribution in [3.63, 3.8) is 0 Å². The molecular formula is C16H13Cl2N3O. The maximum Gasteiger partial charge on any atom is 0.247 e. The Morgan fingerprint density at radius 2 is 1.82 bits per heavy atom. The maximum atomic E-state index is 6.10. The van der Waals surface area contributed by atoms with Crippen molar-refractivity contribution < 1.29 is 4.42 Å². The van der Waals surface area contributed by atoms with Gasteiger partial charge in [-0.1, -0.05) is 40.9 Å². The van der Waals surface area contributed by atoms with E-state index in [2.05, 4.69) is 15.5 Å². The summed E-state index contributed by atoms with van der Waals surface area (Å²) in [7, 11) is 0. The summed E-state index contributed by atoms with van der Waals surface area (Å²) < 4.78 is 5.64. The summed E-state index contributed by atoms with van der Waals surface area (Å²) in [6, 6.07) is 13.2. The fourth-order valence-electron chi connectivity index (χ4n) is 1.94. The lowest BCUT2D eigenvalue weighted by molar-refractivity contribution is 0.515. The molecule has 0 radical (unpaired) electrons. The Morgan fingerprint density at radius 1 is 1.05 bits per heavy atom. The molecule has 1 aromatic heterocycles. The summed E-state index contributed by atoms with van der Waals surface area (Å²) in [5.74, 6) is 0.987. The maximum absolute atomic E-state index is 6.10. The Hall–Kier alpha value is -2.04. The second-order valence-electron chi connectivity index (χ2n) is 4.84. The lowest BCUT2D eigenvalue weighted by Gasteiger charge is -2.05. The highest BCUT2D eigenvalue weighted by Gasteiger charge is 2.09. The first-order valence-electron chi connectivity index (χ1n) is 6.70. The van der Waals surface area contributed by atoms with Crippen LogP contribution in [-0.4, -0.2) is 10.2 Å². The van der Waals surface area contributed by atoms with E-state index in [4.69, 9.17) is 27.6 Å². The van der Waals surface area contributed by atoms with Gasteiger partial charge in [0.25, 0.3) is 0 Å². The minimum Gasteiger partial charge on any atom is -0.419 e. The fraction of sp³-hybridized carbons (Fsp3) is 0.125. The van der Waals surface area contributed by atoms with Crippen LogP contribution in [-0.2, 0) is 6.54 Å². The third-order valence-electron chi connectivity index (χ3n) is 3.13. The van der Waals surface area contributed by atoms with Gasteiger partial charge in [0.2, 0.25) is 11.8 Å². The average molecular weight is 334 g/mol. The lowest BCUT2D eigenvalue weighted by atomic mass is 10.1. The molecule has 4 nitrogen and oxygen atoms in total. The number of aromatic nitrogens is 2. The summed E-state index contributed by atoms with van der Waals surface area (Å²) in [5, 5.41) is 12.4. The monoisotopic (exact) mass is 333 g/mol. The molecule has 0 unspecified atom stereocenters. The van der Waals surface area contributed by atoms with Gasteiger partial charge in [-0.05, 0) is 37.3 Å². The van der Waals surface area contributed by atoms with Gasteiger partial charge in [-0.25, -0.2) is 0 Å². The SMILES string of the molecule is Cc1ccc(-c2nnc(CNc3ccc(Cl)cc3Cl)o2)cc1. The van der Waals surface area contributed by atoms with Crippen LogP contribution in [0.3, 0.4) is 0 Å². The van der Waals surface area contributed by atoms with Crippen molar-refractivity contribution in [1.29, 1.82) is 0 Å².